The first kappa shape index (κ1) is 22.1. The van der Waals surface area contributed by atoms with Crippen LogP contribution in [-0.4, -0.2) is 29.9 Å². The molecule has 2 heterocycles. The molecule has 0 radical (unpaired) electrons. The molecular formula is C26H24ClN3O4. The van der Waals surface area contributed by atoms with E-state index < -0.39 is 0 Å². The summed E-state index contributed by atoms with van der Waals surface area (Å²) in [7, 11) is 3.12. The molecule has 0 saturated carbocycles. The average Bonchev–Trinajstić information content (AvgIpc) is 3.40. The largest absolute Gasteiger partial charge is 0.497 e. The molecule has 0 aliphatic heterocycles. The normalized spacial score (nSPS) is 12.1. The van der Waals surface area contributed by atoms with Crippen molar-refractivity contribution in [3.8, 4) is 22.8 Å². The maximum Gasteiger partial charge on any atom is 0.291 e. The van der Waals surface area contributed by atoms with E-state index in [-0.39, 0.29) is 11.7 Å². The van der Waals surface area contributed by atoms with Gasteiger partial charge in [0.15, 0.2) is 5.76 Å². The summed E-state index contributed by atoms with van der Waals surface area (Å²) in [6, 6.07) is 13.0. The second-order valence-electron chi connectivity index (χ2n) is 8.17. The number of hydrogen-bond acceptors (Lipinski definition) is 5. The number of nitrogens with zero attached hydrogens (tertiary/aromatic N) is 2. The van der Waals surface area contributed by atoms with E-state index in [0.29, 0.717) is 35.2 Å². The first-order chi connectivity index (χ1) is 16.5. The van der Waals surface area contributed by atoms with Gasteiger partial charge in [-0.05, 0) is 42.7 Å². The van der Waals surface area contributed by atoms with Crippen LogP contribution in [0.4, 0.5) is 5.69 Å². The number of amides is 1. The first-order valence-corrected chi connectivity index (χ1v) is 11.3. The van der Waals surface area contributed by atoms with Crippen LogP contribution < -0.4 is 14.8 Å². The lowest BCUT2D eigenvalue weighted by atomic mass is 9.93. The van der Waals surface area contributed by atoms with Gasteiger partial charge in [0.1, 0.15) is 17.3 Å². The molecule has 1 amide bonds. The molecule has 0 fully saturated rings. The zero-order valence-corrected chi connectivity index (χ0v) is 19.9. The zero-order valence-electron chi connectivity index (χ0n) is 19.1. The van der Waals surface area contributed by atoms with E-state index in [9.17, 15) is 4.79 Å². The third kappa shape index (κ3) is 3.92. The molecule has 5 rings (SSSR count). The van der Waals surface area contributed by atoms with Crippen LogP contribution in [0.2, 0.25) is 5.02 Å². The van der Waals surface area contributed by atoms with Gasteiger partial charge in [0.2, 0.25) is 0 Å². The summed E-state index contributed by atoms with van der Waals surface area (Å²) in [5.41, 5.74) is 5.14. The fourth-order valence-corrected chi connectivity index (χ4v) is 4.55. The minimum atomic E-state index is -0.351. The highest BCUT2D eigenvalue weighted by atomic mass is 35.5. The monoisotopic (exact) mass is 477 g/mol. The standard InChI is InChI=1S/C26H24ClN3O4/c1-15-23-22(34-25(15)26(31)28-20-12-18(32-2)9-11-21(20)33-3)10-8-17-14-30(29-24(17)23)13-16-6-4-5-7-19(16)27/h4-7,9,11-12,14H,8,10,13H2,1-3H3,(H,28,31). The Morgan fingerprint density at radius 1 is 1.18 bits per heavy atom. The Balaban J connectivity index is 1.45. The van der Waals surface area contributed by atoms with Crippen molar-refractivity contribution in [1.29, 1.82) is 0 Å². The summed E-state index contributed by atoms with van der Waals surface area (Å²) in [4.78, 5) is 13.2. The lowest BCUT2D eigenvalue weighted by Crippen LogP contribution is -2.13. The maximum atomic E-state index is 13.2. The zero-order chi connectivity index (χ0) is 23.8. The number of aryl methyl sites for hydroxylation is 2. The van der Waals surface area contributed by atoms with E-state index in [2.05, 4.69) is 11.5 Å². The van der Waals surface area contributed by atoms with Crippen molar-refractivity contribution in [2.45, 2.75) is 26.3 Å². The summed E-state index contributed by atoms with van der Waals surface area (Å²) in [5, 5.41) is 8.43. The number of carbonyl (C=O) groups is 1. The SMILES string of the molecule is COc1ccc(OC)c(NC(=O)c2oc3c(c2C)-c2nn(Cc4ccccc4Cl)cc2CC3)c1. The summed E-state index contributed by atoms with van der Waals surface area (Å²) < 4.78 is 18.6. The Kier molecular flexibility index (Phi) is 5.79. The number of ether oxygens (including phenoxy) is 2. The van der Waals surface area contributed by atoms with Gasteiger partial charge >= 0.3 is 0 Å². The number of furan rings is 1. The molecule has 2 aromatic carbocycles. The van der Waals surface area contributed by atoms with Crippen LogP contribution >= 0.6 is 11.6 Å². The predicted octanol–water partition coefficient (Wildman–Crippen LogP) is 5.52. The number of anilines is 1. The van der Waals surface area contributed by atoms with Crippen molar-refractivity contribution in [2.24, 2.45) is 0 Å². The van der Waals surface area contributed by atoms with Gasteiger partial charge in [0, 0.05) is 34.8 Å². The van der Waals surface area contributed by atoms with Gasteiger partial charge in [-0.1, -0.05) is 29.8 Å². The van der Waals surface area contributed by atoms with Crippen molar-refractivity contribution in [2.75, 3.05) is 19.5 Å². The molecule has 7 nitrogen and oxygen atoms in total. The Labute approximate surface area is 202 Å². The van der Waals surface area contributed by atoms with E-state index in [4.69, 9.17) is 30.6 Å². The van der Waals surface area contributed by atoms with Gasteiger partial charge in [0.25, 0.3) is 5.91 Å². The maximum absolute atomic E-state index is 13.2. The third-order valence-corrected chi connectivity index (χ3v) is 6.44. The van der Waals surface area contributed by atoms with Gasteiger partial charge in [-0.25, -0.2) is 0 Å². The van der Waals surface area contributed by atoms with Gasteiger partial charge in [-0.15, -0.1) is 0 Å². The molecule has 8 heteroatoms. The highest BCUT2D eigenvalue weighted by Crippen LogP contribution is 2.39. The van der Waals surface area contributed by atoms with Crippen molar-refractivity contribution < 1.29 is 18.7 Å². The number of fused-ring (bicyclic) bond motifs is 3. The molecule has 34 heavy (non-hydrogen) atoms. The minimum Gasteiger partial charge on any atom is -0.497 e. The van der Waals surface area contributed by atoms with Crippen molar-refractivity contribution in [3.05, 3.63) is 81.9 Å². The molecule has 0 spiro atoms. The summed E-state index contributed by atoms with van der Waals surface area (Å²) >= 11 is 6.34. The number of hydrogen-bond donors (Lipinski definition) is 1. The molecule has 0 unspecified atom stereocenters. The summed E-state index contributed by atoms with van der Waals surface area (Å²) in [6.45, 7) is 2.46. The number of methoxy groups -OCH3 is 2. The summed E-state index contributed by atoms with van der Waals surface area (Å²) in [5.74, 6) is 1.83. The van der Waals surface area contributed by atoms with Crippen molar-refractivity contribution >= 4 is 23.2 Å². The van der Waals surface area contributed by atoms with Gasteiger partial charge < -0.3 is 19.2 Å². The van der Waals surface area contributed by atoms with Crippen molar-refractivity contribution in [3.63, 3.8) is 0 Å². The molecule has 1 aliphatic carbocycles. The number of carbonyl (C=O) groups excluding carboxylic acids is 1. The molecule has 0 bridgehead atoms. The summed E-state index contributed by atoms with van der Waals surface area (Å²) in [6.07, 6.45) is 3.55. The highest BCUT2D eigenvalue weighted by molar-refractivity contribution is 6.31. The lowest BCUT2D eigenvalue weighted by Gasteiger charge is -2.11. The Morgan fingerprint density at radius 3 is 2.76 bits per heavy atom. The van der Waals surface area contributed by atoms with E-state index in [1.807, 2.05) is 35.9 Å². The van der Waals surface area contributed by atoms with Crippen LogP contribution in [0.3, 0.4) is 0 Å². The van der Waals surface area contributed by atoms with Crippen LogP contribution in [0.5, 0.6) is 11.5 Å². The quantitative estimate of drug-likeness (QED) is 0.395. The van der Waals surface area contributed by atoms with Crippen LogP contribution in [-0.2, 0) is 19.4 Å². The van der Waals surface area contributed by atoms with Gasteiger partial charge in [-0.3, -0.25) is 9.48 Å². The highest BCUT2D eigenvalue weighted by Gasteiger charge is 2.30. The van der Waals surface area contributed by atoms with Crippen LogP contribution in [0.1, 0.15) is 33.0 Å². The van der Waals surface area contributed by atoms with Gasteiger partial charge in [0.05, 0.1) is 32.1 Å². The second-order valence-corrected chi connectivity index (χ2v) is 8.57. The molecular weight excluding hydrogens is 454 g/mol. The Morgan fingerprint density at radius 2 is 2.00 bits per heavy atom. The van der Waals surface area contributed by atoms with E-state index in [1.165, 1.54) is 0 Å². The fraction of sp³-hybridized carbons (Fsp3) is 0.231. The topological polar surface area (TPSA) is 78.5 Å². The van der Waals surface area contributed by atoms with E-state index in [0.717, 1.165) is 40.1 Å². The Bertz CT molecular complexity index is 1390. The predicted molar refractivity (Wildman–Crippen MR) is 130 cm³/mol. The number of aromatic nitrogens is 2. The van der Waals surface area contributed by atoms with E-state index in [1.54, 1.807) is 32.4 Å². The first-order valence-electron chi connectivity index (χ1n) is 10.9. The second kappa shape index (κ2) is 8.91. The number of rotatable bonds is 6. The molecule has 1 N–H and O–H groups in total. The van der Waals surface area contributed by atoms with Crippen LogP contribution in [0, 0.1) is 6.92 Å². The molecule has 2 aromatic heterocycles. The van der Waals surface area contributed by atoms with Crippen LogP contribution in [0.15, 0.2) is 53.1 Å². The number of benzene rings is 2. The molecule has 0 saturated heterocycles. The molecule has 1 aliphatic rings. The number of nitrogens with one attached hydrogen (secondary N) is 1. The van der Waals surface area contributed by atoms with Crippen LogP contribution in [0.25, 0.3) is 11.3 Å². The van der Waals surface area contributed by atoms with Gasteiger partial charge in [-0.2, -0.15) is 5.10 Å². The smallest absolute Gasteiger partial charge is 0.291 e. The molecule has 0 atom stereocenters. The molecule has 174 valence electrons. The lowest BCUT2D eigenvalue weighted by molar-refractivity contribution is 0.0993. The van der Waals surface area contributed by atoms with E-state index >= 15 is 0 Å². The average molecular weight is 478 g/mol. The Hall–Kier alpha value is -3.71. The number of halogens is 1. The minimum absolute atomic E-state index is 0.267. The third-order valence-electron chi connectivity index (χ3n) is 6.07. The van der Waals surface area contributed by atoms with Crippen molar-refractivity contribution in [1.82, 2.24) is 9.78 Å². The molecule has 4 aromatic rings. The fourth-order valence-electron chi connectivity index (χ4n) is 4.35.